The molecular formula is C19H19Cl3N4O. The minimum Gasteiger partial charge on any atom is -0.390 e. The predicted octanol–water partition coefficient (Wildman–Crippen LogP) is 4.42. The minimum atomic E-state index is -0.0977. The molecule has 4 rings (SSSR count). The van der Waals surface area contributed by atoms with Crippen LogP contribution in [0.1, 0.15) is 11.3 Å². The van der Waals surface area contributed by atoms with Crippen LogP contribution in [0.2, 0.25) is 15.1 Å². The third-order valence-electron chi connectivity index (χ3n) is 4.93. The Morgan fingerprint density at radius 2 is 1.70 bits per heavy atom. The highest BCUT2D eigenvalue weighted by molar-refractivity contribution is 6.36. The molecule has 0 radical (unpaired) electrons. The maximum absolute atomic E-state index is 9.94. The Morgan fingerprint density at radius 3 is 2.37 bits per heavy atom. The SMILES string of the molecule is Cc1cc(Cl)cn2c(CO)c(N3CCN(c4ccc(Cl)cc4Cl)CC3)nc12. The first-order chi connectivity index (χ1) is 13.0. The van der Waals surface area contributed by atoms with Crippen molar-refractivity contribution in [1.82, 2.24) is 9.38 Å². The highest BCUT2D eigenvalue weighted by Crippen LogP contribution is 2.31. The van der Waals surface area contributed by atoms with Gasteiger partial charge in [0.15, 0.2) is 5.82 Å². The molecule has 1 aromatic carbocycles. The van der Waals surface area contributed by atoms with Gasteiger partial charge in [0.1, 0.15) is 5.65 Å². The average Bonchev–Trinajstić information content (AvgIpc) is 3.00. The van der Waals surface area contributed by atoms with E-state index in [0.717, 1.165) is 54.6 Å². The van der Waals surface area contributed by atoms with Gasteiger partial charge in [-0.1, -0.05) is 34.8 Å². The Morgan fingerprint density at radius 1 is 1.00 bits per heavy atom. The van der Waals surface area contributed by atoms with Crippen LogP contribution in [-0.4, -0.2) is 40.7 Å². The summed E-state index contributed by atoms with van der Waals surface area (Å²) < 4.78 is 1.88. The van der Waals surface area contributed by atoms with Gasteiger partial charge in [0, 0.05) is 37.4 Å². The fourth-order valence-corrected chi connectivity index (χ4v) is 4.39. The van der Waals surface area contributed by atoms with Crippen LogP contribution in [0, 0.1) is 6.92 Å². The number of pyridine rings is 1. The summed E-state index contributed by atoms with van der Waals surface area (Å²) in [6.07, 6.45) is 1.80. The Labute approximate surface area is 172 Å². The average molecular weight is 426 g/mol. The van der Waals surface area contributed by atoms with Crippen molar-refractivity contribution in [2.75, 3.05) is 36.0 Å². The minimum absolute atomic E-state index is 0.0977. The normalized spacial score (nSPS) is 15.0. The summed E-state index contributed by atoms with van der Waals surface area (Å²) >= 11 is 18.5. The van der Waals surface area contributed by atoms with E-state index < -0.39 is 0 Å². The van der Waals surface area contributed by atoms with Gasteiger partial charge in [0.25, 0.3) is 0 Å². The third-order valence-corrected chi connectivity index (χ3v) is 5.67. The first-order valence-corrected chi connectivity index (χ1v) is 9.84. The first kappa shape index (κ1) is 18.7. The highest BCUT2D eigenvalue weighted by atomic mass is 35.5. The van der Waals surface area contributed by atoms with Crippen LogP contribution in [0.5, 0.6) is 0 Å². The number of hydrogen-bond donors (Lipinski definition) is 1. The Bertz CT molecular complexity index is 996. The number of aliphatic hydroxyl groups excluding tert-OH is 1. The van der Waals surface area contributed by atoms with Crippen molar-refractivity contribution in [3.05, 3.63) is 56.8 Å². The standard InChI is InChI=1S/C19H19Cl3N4O/c1-12-8-14(21)10-26-17(11-27)19(23-18(12)26)25-6-4-24(5-7-25)16-3-2-13(20)9-15(16)22/h2-3,8-10,27H,4-7,11H2,1H3. The molecule has 2 aromatic heterocycles. The second-order valence-corrected chi connectivity index (χ2v) is 7.93. The molecule has 0 spiro atoms. The number of hydrogen-bond acceptors (Lipinski definition) is 4. The van der Waals surface area contributed by atoms with Crippen LogP contribution >= 0.6 is 34.8 Å². The Balaban J connectivity index is 1.60. The quantitative estimate of drug-likeness (QED) is 0.674. The summed E-state index contributed by atoms with van der Waals surface area (Å²) in [6, 6.07) is 7.46. The maximum atomic E-state index is 9.94. The van der Waals surface area contributed by atoms with Crippen LogP contribution in [0.25, 0.3) is 5.65 Å². The molecule has 5 nitrogen and oxygen atoms in total. The molecule has 3 heterocycles. The number of benzene rings is 1. The Kier molecular flexibility index (Phi) is 5.12. The van der Waals surface area contributed by atoms with E-state index in [2.05, 4.69) is 9.80 Å². The second-order valence-electron chi connectivity index (χ2n) is 6.64. The molecule has 0 bridgehead atoms. The van der Waals surface area contributed by atoms with Gasteiger partial charge in [-0.15, -0.1) is 0 Å². The van der Waals surface area contributed by atoms with E-state index in [4.69, 9.17) is 39.8 Å². The van der Waals surface area contributed by atoms with E-state index in [0.29, 0.717) is 15.1 Å². The molecule has 1 N–H and O–H groups in total. The number of halogens is 3. The van der Waals surface area contributed by atoms with Crippen molar-refractivity contribution in [2.24, 2.45) is 0 Å². The number of aliphatic hydroxyl groups is 1. The fraction of sp³-hybridized carbons (Fsp3) is 0.316. The number of rotatable bonds is 3. The van der Waals surface area contributed by atoms with E-state index in [1.807, 2.05) is 29.5 Å². The summed E-state index contributed by atoms with van der Waals surface area (Å²) in [5.41, 5.74) is 3.55. The monoisotopic (exact) mass is 424 g/mol. The zero-order chi connectivity index (χ0) is 19.1. The van der Waals surface area contributed by atoms with Crippen molar-refractivity contribution in [1.29, 1.82) is 0 Å². The van der Waals surface area contributed by atoms with Crippen molar-refractivity contribution in [3.63, 3.8) is 0 Å². The van der Waals surface area contributed by atoms with Crippen molar-refractivity contribution in [3.8, 4) is 0 Å². The zero-order valence-electron chi connectivity index (χ0n) is 14.8. The number of aromatic nitrogens is 2. The highest BCUT2D eigenvalue weighted by Gasteiger charge is 2.24. The zero-order valence-corrected chi connectivity index (χ0v) is 17.1. The summed E-state index contributed by atoms with van der Waals surface area (Å²) in [7, 11) is 0. The number of piperazine rings is 1. The number of aryl methyl sites for hydroxylation is 1. The largest absolute Gasteiger partial charge is 0.390 e. The number of imidazole rings is 1. The van der Waals surface area contributed by atoms with Gasteiger partial charge < -0.3 is 14.9 Å². The molecule has 142 valence electrons. The predicted molar refractivity (Wildman–Crippen MR) is 112 cm³/mol. The lowest BCUT2D eigenvalue weighted by Crippen LogP contribution is -2.47. The molecule has 1 aliphatic heterocycles. The lowest BCUT2D eigenvalue weighted by atomic mass is 10.2. The fourth-order valence-electron chi connectivity index (χ4n) is 3.60. The van der Waals surface area contributed by atoms with Crippen molar-refractivity contribution < 1.29 is 5.11 Å². The van der Waals surface area contributed by atoms with Crippen LogP contribution in [-0.2, 0) is 6.61 Å². The first-order valence-electron chi connectivity index (χ1n) is 8.71. The second kappa shape index (κ2) is 7.40. The van der Waals surface area contributed by atoms with Crippen LogP contribution in [0.3, 0.4) is 0 Å². The molecular weight excluding hydrogens is 407 g/mol. The third kappa shape index (κ3) is 3.45. The lowest BCUT2D eigenvalue weighted by molar-refractivity contribution is 0.276. The van der Waals surface area contributed by atoms with Gasteiger partial charge in [-0.25, -0.2) is 4.98 Å². The summed E-state index contributed by atoms with van der Waals surface area (Å²) in [5.74, 6) is 0.810. The van der Waals surface area contributed by atoms with Crippen LogP contribution < -0.4 is 9.80 Å². The molecule has 1 fully saturated rings. The van der Waals surface area contributed by atoms with Gasteiger partial charge >= 0.3 is 0 Å². The van der Waals surface area contributed by atoms with Gasteiger partial charge in [-0.3, -0.25) is 4.40 Å². The van der Waals surface area contributed by atoms with Crippen LogP contribution in [0.4, 0.5) is 11.5 Å². The molecule has 0 atom stereocenters. The van der Waals surface area contributed by atoms with Crippen molar-refractivity contribution in [2.45, 2.75) is 13.5 Å². The maximum Gasteiger partial charge on any atom is 0.153 e. The van der Waals surface area contributed by atoms with Gasteiger partial charge in [0.2, 0.25) is 0 Å². The number of fused-ring (bicyclic) bond motifs is 1. The molecule has 27 heavy (non-hydrogen) atoms. The molecule has 1 saturated heterocycles. The number of anilines is 2. The molecule has 0 unspecified atom stereocenters. The summed E-state index contributed by atoms with van der Waals surface area (Å²) in [4.78, 5) is 9.23. The molecule has 0 amide bonds. The smallest absolute Gasteiger partial charge is 0.153 e. The van der Waals surface area contributed by atoms with Gasteiger partial charge in [0.05, 0.1) is 28.0 Å². The lowest BCUT2D eigenvalue weighted by Gasteiger charge is -2.37. The van der Waals surface area contributed by atoms with Gasteiger partial charge in [-0.2, -0.15) is 0 Å². The van der Waals surface area contributed by atoms with E-state index >= 15 is 0 Å². The van der Waals surface area contributed by atoms with Crippen LogP contribution in [0.15, 0.2) is 30.5 Å². The summed E-state index contributed by atoms with van der Waals surface area (Å²) in [5, 5.41) is 11.9. The number of nitrogens with zero attached hydrogens (tertiary/aromatic N) is 4. The van der Waals surface area contributed by atoms with E-state index in [1.54, 1.807) is 12.3 Å². The molecule has 0 aliphatic carbocycles. The molecule has 1 aliphatic rings. The topological polar surface area (TPSA) is 44.0 Å². The van der Waals surface area contributed by atoms with E-state index in [1.165, 1.54) is 0 Å². The molecule has 0 saturated carbocycles. The van der Waals surface area contributed by atoms with E-state index in [9.17, 15) is 5.11 Å². The van der Waals surface area contributed by atoms with E-state index in [-0.39, 0.29) is 6.61 Å². The molecule has 8 heteroatoms. The molecule has 3 aromatic rings. The Hall–Kier alpha value is -1.66. The summed E-state index contributed by atoms with van der Waals surface area (Å²) in [6.45, 7) is 5.05. The van der Waals surface area contributed by atoms with Crippen molar-refractivity contribution >= 4 is 52.0 Å². The van der Waals surface area contributed by atoms with Gasteiger partial charge in [-0.05, 0) is 36.8 Å².